The molecule has 2 N–H and O–H groups in total. The highest BCUT2D eigenvalue weighted by atomic mass is 16.5. The van der Waals surface area contributed by atoms with E-state index in [1.54, 1.807) is 12.1 Å². The Kier molecular flexibility index (Phi) is 8.24. The maximum Gasteiger partial charge on any atom is 0.343 e. The highest BCUT2D eigenvalue weighted by Crippen LogP contribution is 2.61. The summed E-state index contributed by atoms with van der Waals surface area (Å²) in [5.41, 5.74) is 3.08. The molecule has 0 aromatic heterocycles. The number of carbonyl (C=O) groups is 4. The Hall–Kier alpha value is -3.68. The van der Waals surface area contributed by atoms with E-state index in [0.717, 1.165) is 38.5 Å². The first-order chi connectivity index (χ1) is 19.2. The van der Waals surface area contributed by atoms with Gasteiger partial charge in [-0.3, -0.25) is 14.4 Å². The van der Waals surface area contributed by atoms with Crippen molar-refractivity contribution in [2.75, 3.05) is 6.54 Å². The van der Waals surface area contributed by atoms with E-state index >= 15 is 0 Å². The van der Waals surface area contributed by atoms with Gasteiger partial charge < -0.3 is 19.9 Å². The summed E-state index contributed by atoms with van der Waals surface area (Å²) >= 11 is 0. The van der Waals surface area contributed by atoms with E-state index < -0.39 is 5.97 Å². The minimum absolute atomic E-state index is 0.0653. The van der Waals surface area contributed by atoms with E-state index in [4.69, 9.17) is 14.6 Å². The lowest BCUT2D eigenvalue weighted by molar-refractivity contribution is -0.157. The fourth-order valence-electron chi connectivity index (χ4n) is 7.34. The van der Waals surface area contributed by atoms with Crippen LogP contribution in [0.5, 0.6) is 5.75 Å². The number of benzene rings is 2. The highest BCUT2D eigenvalue weighted by Gasteiger charge is 2.56. The Bertz CT molecular complexity index is 1280. The molecule has 4 unspecified atom stereocenters. The number of esters is 2. The summed E-state index contributed by atoms with van der Waals surface area (Å²) in [6, 6.07) is 15.1. The van der Waals surface area contributed by atoms with Crippen molar-refractivity contribution in [1.82, 2.24) is 5.32 Å². The molecule has 1 amide bonds. The summed E-state index contributed by atoms with van der Waals surface area (Å²) in [5.74, 6) is -0.0308. The zero-order valence-electron chi connectivity index (χ0n) is 22.9. The van der Waals surface area contributed by atoms with Crippen molar-refractivity contribution in [3.63, 3.8) is 0 Å². The van der Waals surface area contributed by atoms with Crippen molar-refractivity contribution in [1.29, 1.82) is 0 Å². The van der Waals surface area contributed by atoms with Crippen LogP contribution in [-0.2, 0) is 25.5 Å². The second-order valence-electron chi connectivity index (χ2n) is 11.6. The van der Waals surface area contributed by atoms with Crippen molar-refractivity contribution in [3.8, 4) is 5.75 Å². The number of aliphatic carboxylic acids is 1. The fourth-order valence-corrected chi connectivity index (χ4v) is 7.34. The summed E-state index contributed by atoms with van der Waals surface area (Å²) in [4.78, 5) is 47.4. The zero-order chi connectivity index (χ0) is 28.3. The molecule has 3 aliphatic rings. The molecule has 0 heterocycles. The lowest BCUT2D eigenvalue weighted by atomic mass is 9.55. The van der Waals surface area contributed by atoms with Crippen LogP contribution in [0.25, 0.3) is 0 Å². The standard InChI is InChI=1S/C32H37NO7/c1-32-17-15-24-23-10-8-22(39-31(38)20-5-3-2-4-6-20)19-21(23)7-9-25(24)26(32)11-12-27(32)40-30(37)16-18-33-28(34)13-14-29(35)36/h2-6,8,10,19,24-27H,7,9,11-18H2,1H3,(H,33,34)(H,35,36)/t24?,25?,26?,27?,32-/m1/s1. The minimum atomic E-state index is -1.02. The van der Waals surface area contributed by atoms with Gasteiger partial charge in [0.25, 0.3) is 0 Å². The molecular weight excluding hydrogens is 510 g/mol. The molecule has 40 heavy (non-hydrogen) atoms. The first kappa shape index (κ1) is 27.9. The largest absolute Gasteiger partial charge is 0.481 e. The maximum atomic E-state index is 12.6. The van der Waals surface area contributed by atoms with Crippen LogP contribution < -0.4 is 10.1 Å². The molecule has 0 saturated heterocycles. The van der Waals surface area contributed by atoms with Gasteiger partial charge in [0.2, 0.25) is 5.91 Å². The predicted molar refractivity (Wildman–Crippen MR) is 147 cm³/mol. The van der Waals surface area contributed by atoms with Crippen LogP contribution in [-0.4, -0.2) is 41.6 Å². The van der Waals surface area contributed by atoms with Gasteiger partial charge >= 0.3 is 17.9 Å². The van der Waals surface area contributed by atoms with Crippen LogP contribution in [0.1, 0.15) is 85.7 Å². The number of carboxylic acid groups (broad SMARTS) is 1. The minimum Gasteiger partial charge on any atom is -0.481 e. The van der Waals surface area contributed by atoms with Gasteiger partial charge in [-0.25, -0.2) is 4.79 Å². The quantitative estimate of drug-likeness (QED) is 0.333. The number of rotatable bonds is 9. The predicted octanol–water partition coefficient (Wildman–Crippen LogP) is 5.04. The van der Waals surface area contributed by atoms with Crippen molar-refractivity contribution >= 4 is 23.8 Å². The van der Waals surface area contributed by atoms with Gasteiger partial charge in [-0.15, -0.1) is 0 Å². The molecule has 2 saturated carbocycles. The average molecular weight is 548 g/mol. The Morgan fingerprint density at radius 2 is 1.77 bits per heavy atom. The van der Waals surface area contributed by atoms with Crippen LogP contribution in [0.4, 0.5) is 0 Å². The second kappa shape index (κ2) is 11.8. The number of hydrogen-bond donors (Lipinski definition) is 2. The Balaban J connectivity index is 1.17. The van der Waals surface area contributed by atoms with Crippen LogP contribution in [0.2, 0.25) is 0 Å². The summed E-state index contributed by atoms with van der Waals surface area (Å²) in [6.07, 6.45) is 5.51. The smallest absolute Gasteiger partial charge is 0.343 e. The molecule has 0 radical (unpaired) electrons. The molecule has 2 aromatic carbocycles. The first-order valence-electron chi connectivity index (χ1n) is 14.3. The van der Waals surface area contributed by atoms with E-state index in [2.05, 4.69) is 18.3 Å². The van der Waals surface area contributed by atoms with Crippen LogP contribution in [0.15, 0.2) is 48.5 Å². The Morgan fingerprint density at radius 1 is 0.975 bits per heavy atom. The van der Waals surface area contributed by atoms with Crippen LogP contribution in [0, 0.1) is 17.3 Å². The summed E-state index contributed by atoms with van der Waals surface area (Å²) < 4.78 is 11.6. The molecule has 0 aliphatic heterocycles. The SMILES string of the molecule is C[C@@]12CCC3c4ccc(OC(=O)c5ccccc5)cc4CCC3C1CCC2OC(=O)CCNC(=O)CCC(=O)O. The molecule has 2 fully saturated rings. The Labute approximate surface area is 234 Å². The van der Waals surface area contributed by atoms with Crippen molar-refractivity contribution < 1.29 is 33.8 Å². The van der Waals surface area contributed by atoms with Gasteiger partial charge in [-0.1, -0.05) is 31.2 Å². The van der Waals surface area contributed by atoms with Crippen LogP contribution in [0.3, 0.4) is 0 Å². The number of carboxylic acids is 1. The molecule has 0 bridgehead atoms. The lowest BCUT2D eigenvalue weighted by Crippen LogP contribution is -2.45. The molecular formula is C32H37NO7. The molecule has 212 valence electrons. The Morgan fingerprint density at radius 3 is 2.55 bits per heavy atom. The van der Waals surface area contributed by atoms with Gasteiger partial charge in [0, 0.05) is 18.4 Å². The van der Waals surface area contributed by atoms with E-state index in [1.807, 2.05) is 30.3 Å². The highest BCUT2D eigenvalue weighted by molar-refractivity contribution is 5.91. The van der Waals surface area contributed by atoms with Gasteiger partial charge in [-0.2, -0.15) is 0 Å². The number of amides is 1. The average Bonchev–Trinajstić information content (AvgIpc) is 3.27. The van der Waals surface area contributed by atoms with Gasteiger partial charge in [0.15, 0.2) is 0 Å². The molecule has 0 spiro atoms. The second-order valence-corrected chi connectivity index (χ2v) is 11.6. The molecule has 5 atom stereocenters. The van der Waals surface area contributed by atoms with E-state index in [9.17, 15) is 19.2 Å². The number of nitrogens with one attached hydrogen (secondary N) is 1. The lowest BCUT2D eigenvalue weighted by Gasteiger charge is -2.50. The monoisotopic (exact) mass is 547 g/mol. The summed E-state index contributed by atoms with van der Waals surface area (Å²) in [5, 5.41) is 11.3. The van der Waals surface area contributed by atoms with E-state index in [1.165, 1.54) is 11.1 Å². The van der Waals surface area contributed by atoms with Crippen molar-refractivity contribution in [2.24, 2.45) is 17.3 Å². The normalized spacial score (nSPS) is 26.5. The number of ether oxygens (including phenoxy) is 2. The third kappa shape index (κ3) is 5.91. The number of aryl methyl sites for hydroxylation is 1. The first-order valence-corrected chi connectivity index (χ1v) is 14.3. The van der Waals surface area contributed by atoms with Gasteiger partial charge in [0.05, 0.1) is 18.4 Å². The number of fused-ring (bicyclic) bond motifs is 5. The molecule has 8 heteroatoms. The van der Waals surface area contributed by atoms with Gasteiger partial charge in [0.1, 0.15) is 11.9 Å². The zero-order valence-corrected chi connectivity index (χ0v) is 22.9. The summed E-state index contributed by atoms with van der Waals surface area (Å²) in [6.45, 7) is 2.42. The third-order valence-electron chi connectivity index (χ3n) is 9.32. The molecule has 8 nitrogen and oxygen atoms in total. The molecule has 3 aliphatic carbocycles. The summed E-state index contributed by atoms with van der Waals surface area (Å²) in [7, 11) is 0. The van der Waals surface area contributed by atoms with E-state index in [0.29, 0.717) is 29.1 Å². The number of carbonyl (C=O) groups excluding carboxylic acids is 3. The van der Waals surface area contributed by atoms with Crippen molar-refractivity contribution in [2.45, 2.75) is 76.7 Å². The van der Waals surface area contributed by atoms with Crippen LogP contribution >= 0.6 is 0 Å². The third-order valence-corrected chi connectivity index (χ3v) is 9.32. The number of hydrogen-bond acceptors (Lipinski definition) is 6. The molecule has 5 rings (SSSR count). The fraction of sp³-hybridized carbons (Fsp3) is 0.500. The maximum absolute atomic E-state index is 12.6. The van der Waals surface area contributed by atoms with Crippen molar-refractivity contribution in [3.05, 3.63) is 65.2 Å². The van der Waals surface area contributed by atoms with E-state index in [-0.39, 0.29) is 55.2 Å². The topological polar surface area (TPSA) is 119 Å². The molecule has 2 aromatic rings. The van der Waals surface area contributed by atoms with Gasteiger partial charge in [-0.05, 0) is 91.7 Å².